The molecule has 1 aliphatic carbocycles. The third kappa shape index (κ3) is 2.72. The third-order valence-electron chi connectivity index (χ3n) is 3.91. The number of hydrogen-bond acceptors (Lipinski definition) is 4. The minimum absolute atomic E-state index is 0.0134. The smallest absolute Gasteiger partial charge is 0.0798 e. The van der Waals surface area contributed by atoms with E-state index in [0.717, 1.165) is 17.8 Å². The Kier molecular flexibility index (Phi) is 3.66. The van der Waals surface area contributed by atoms with Gasteiger partial charge in [0, 0.05) is 23.5 Å². The number of nitrogens with zero attached hydrogens (tertiary/aromatic N) is 3. The van der Waals surface area contributed by atoms with Crippen LogP contribution in [-0.2, 0) is 6.42 Å². The van der Waals surface area contributed by atoms with Gasteiger partial charge in [0.15, 0.2) is 0 Å². The van der Waals surface area contributed by atoms with E-state index < -0.39 is 0 Å². The van der Waals surface area contributed by atoms with Gasteiger partial charge < -0.3 is 5.73 Å². The first-order valence-electron chi connectivity index (χ1n) is 6.93. The first-order valence-corrected chi connectivity index (χ1v) is 7.81. The monoisotopic (exact) mass is 276 g/mol. The van der Waals surface area contributed by atoms with Crippen LogP contribution in [0.15, 0.2) is 17.8 Å². The van der Waals surface area contributed by atoms with Gasteiger partial charge in [-0.05, 0) is 25.8 Å². The van der Waals surface area contributed by atoms with E-state index in [1.54, 1.807) is 11.3 Å². The summed E-state index contributed by atoms with van der Waals surface area (Å²) >= 11 is 1.64. The predicted molar refractivity (Wildman–Crippen MR) is 77.2 cm³/mol. The Morgan fingerprint density at radius 1 is 1.47 bits per heavy atom. The topological polar surface area (TPSA) is 56.7 Å². The number of rotatable bonds is 4. The van der Waals surface area contributed by atoms with Crippen molar-refractivity contribution in [2.45, 2.75) is 51.1 Å². The van der Waals surface area contributed by atoms with Crippen molar-refractivity contribution in [1.82, 2.24) is 14.8 Å². The zero-order chi connectivity index (χ0) is 13.2. The summed E-state index contributed by atoms with van der Waals surface area (Å²) in [6.45, 7) is 2.02. The average Bonchev–Trinajstić information content (AvgIpc) is 3.07. The van der Waals surface area contributed by atoms with E-state index in [2.05, 4.69) is 21.9 Å². The predicted octanol–water partition coefficient (Wildman–Crippen LogP) is 3.01. The molecule has 19 heavy (non-hydrogen) atoms. The average molecular weight is 276 g/mol. The molecular formula is C14H20N4S. The second-order valence-corrected chi connectivity index (χ2v) is 6.22. The van der Waals surface area contributed by atoms with Gasteiger partial charge in [0.2, 0.25) is 0 Å². The van der Waals surface area contributed by atoms with Crippen LogP contribution in [-0.4, -0.2) is 14.8 Å². The van der Waals surface area contributed by atoms with Crippen LogP contribution in [0.3, 0.4) is 0 Å². The van der Waals surface area contributed by atoms with E-state index in [4.69, 9.17) is 10.8 Å². The molecule has 1 aliphatic rings. The number of aryl methyl sites for hydroxylation is 1. The fourth-order valence-electron chi connectivity index (χ4n) is 2.84. The normalized spacial score (nSPS) is 18.0. The van der Waals surface area contributed by atoms with Crippen molar-refractivity contribution >= 4 is 11.3 Å². The largest absolute Gasteiger partial charge is 0.323 e. The molecule has 2 aromatic heterocycles. The summed E-state index contributed by atoms with van der Waals surface area (Å²) in [6, 6.07) is 2.73. The molecule has 1 atom stereocenters. The number of thiazole rings is 1. The van der Waals surface area contributed by atoms with Crippen LogP contribution in [0.5, 0.6) is 0 Å². The Morgan fingerprint density at radius 2 is 2.26 bits per heavy atom. The van der Waals surface area contributed by atoms with Crippen LogP contribution < -0.4 is 5.73 Å². The number of nitrogens with two attached hydrogens (primary N) is 1. The van der Waals surface area contributed by atoms with Crippen molar-refractivity contribution in [2.24, 2.45) is 5.73 Å². The van der Waals surface area contributed by atoms with Crippen molar-refractivity contribution in [3.05, 3.63) is 34.0 Å². The molecule has 0 aromatic carbocycles. The maximum absolute atomic E-state index is 6.26. The van der Waals surface area contributed by atoms with Gasteiger partial charge in [0.05, 0.1) is 22.9 Å². The van der Waals surface area contributed by atoms with Gasteiger partial charge in [-0.3, -0.25) is 4.68 Å². The van der Waals surface area contributed by atoms with E-state index in [1.807, 2.05) is 12.4 Å². The molecule has 1 fully saturated rings. The van der Waals surface area contributed by atoms with E-state index in [0.29, 0.717) is 6.04 Å². The minimum atomic E-state index is 0.0134. The maximum atomic E-state index is 6.26. The molecule has 2 N–H and O–H groups in total. The van der Waals surface area contributed by atoms with Crippen LogP contribution in [0, 0.1) is 6.92 Å². The van der Waals surface area contributed by atoms with Gasteiger partial charge in [0.25, 0.3) is 0 Å². The molecule has 0 amide bonds. The van der Waals surface area contributed by atoms with Gasteiger partial charge >= 0.3 is 0 Å². The van der Waals surface area contributed by atoms with Gasteiger partial charge in [-0.25, -0.2) is 4.98 Å². The van der Waals surface area contributed by atoms with Crippen LogP contribution in [0.1, 0.15) is 54.0 Å². The van der Waals surface area contributed by atoms with Crippen molar-refractivity contribution in [2.75, 3.05) is 0 Å². The molecule has 0 radical (unpaired) electrons. The summed E-state index contributed by atoms with van der Waals surface area (Å²) in [6.07, 6.45) is 8.10. The van der Waals surface area contributed by atoms with Gasteiger partial charge in [-0.15, -0.1) is 11.3 Å². The second-order valence-electron chi connectivity index (χ2n) is 5.34. The van der Waals surface area contributed by atoms with Crippen LogP contribution in [0.25, 0.3) is 0 Å². The fourth-order valence-corrected chi connectivity index (χ4v) is 3.65. The molecule has 5 heteroatoms. The first kappa shape index (κ1) is 12.8. The van der Waals surface area contributed by atoms with E-state index in [1.165, 1.54) is 30.6 Å². The Bertz CT molecular complexity index is 539. The number of aromatic nitrogens is 3. The second kappa shape index (κ2) is 5.43. The Morgan fingerprint density at radius 3 is 2.95 bits per heavy atom. The lowest BCUT2D eigenvalue weighted by molar-refractivity contribution is 0.461. The molecule has 0 saturated heterocycles. The highest BCUT2D eigenvalue weighted by Crippen LogP contribution is 2.29. The lowest BCUT2D eigenvalue weighted by atomic mass is 10.1. The Balaban J connectivity index is 1.68. The fraction of sp³-hybridized carbons (Fsp3) is 0.571. The highest BCUT2D eigenvalue weighted by molar-refractivity contribution is 7.09. The summed E-state index contributed by atoms with van der Waals surface area (Å²) in [5, 5.41) is 4.69. The SMILES string of the molecule is Cc1ncsc1C(N)Cc1ccn(C2CCCC2)n1. The third-order valence-corrected chi connectivity index (χ3v) is 4.97. The summed E-state index contributed by atoms with van der Waals surface area (Å²) < 4.78 is 2.13. The molecule has 102 valence electrons. The van der Waals surface area contributed by atoms with Crippen LogP contribution in [0.4, 0.5) is 0 Å². The van der Waals surface area contributed by atoms with E-state index in [-0.39, 0.29) is 6.04 Å². The van der Waals surface area contributed by atoms with Gasteiger partial charge in [-0.1, -0.05) is 12.8 Å². The van der Waals surface area contributed by atoms with Crippen molar-refractivity contribution in [1.29, 1.82) is 0 Å². The van der Waals surface area contributed by atoms with Gasteiger partial charge in [-0.2, -0.15) is 5.10 Å². The van der Waals surface area contributed by atoms with Crippen LogP contribution in [0.2, 0.25) is 0 Å². The Hall–Kier alpha value is -1.20. The van der Waals surface area contributed by atoms with Crippen molar-refractivity contribution in [3.63, 3.8) is 0 Å². The molecule has 0 aliphatic heterocycles. The van der Waals surface area contributed by atoms with Crippen molar-refractivity contribution < 1.29 is 0 Å². The zero-order valence-electron chi connectivity index (χ0n) is 11.2. The molecule has 0 bridgehead atoms. The highest BCUT2D eigenvalue weighted by atomic mass is 32.1. The summed E-state index contributed by atoms with van der Waals surface area (Å²) in [5.41, 5.74) is 10.3. The quantitative estimate of drug-likeness (QED) is 0.934. The summed E-state index contributed by atoms with van der Waals surface area (Å²) in [5.74, 6) is 0. The zero-order valence-corrected chi connectivity index (χ0v) is 12.1. The van der Waals surface area contributed by atoms with Crippen LogP contribution >= 0.6 is 11.3 Å². The lowest BCUT2D eigenvalue weighted by Gasteiger charge is -2.10. The van der Waals surface area contributed by atoms with E-state index in [9.17, 15) is 0 Å². The van der Waals surface area contributed by atoms with Crippen molar-refractivity contribution in [3.8, 4) is 0 Å². The molecule has 0 spiro atoms. The number of hydrogen-bond donors (Lipinski definition) is 1. The highest BCUT2D eigenvalue weighted by Gasteiger charge is 2.19. The molecule has 1 unspecified atom stereocenters. The lowest BCUT2D eigenvalue weighted by Crippen LogP contribution is -2.14. The Labute approximate surface area is 117 Å². The summed E-state index contributed by atoms with van der Waals surface area (Å²) in [7, 11) is 0. The van der Waals surface area contributed by atoms with Gasteiger partial charge in [0.1, 0.15) is 0 Å². The summed E-state index contributed by atoms with van der Waals surface area (Å²) in [4.78, 5) is 5.44. The molecule has 2 aromatic rings. The molecular weight excluding hydrogens is 256 g/mol. The minimum Gasteiger partial charge on any atom is -0.323 e. The standard InChI is InChI=1S/C14H20N4S/c1-10-14(19-9-16-10)13(15)8-11-6-7-18(17-11)12-4-2-3-5-12/h6-7,9,12-13H,2-5,8,15H2,1H3. The molecule has 2 heterocycles. The maximum Gasteiger partial charge on any atom is 0.0798 e. The molecule has 1 saturated carbocycles. The molecule has 4 nitrogen and oxygen atoms in total. The first-order chi connectivity index (χ1) is 9.24. The molecule has 3 rings (SSSR count). The van der Waals surface area contributed by atoms with E-state index >= 15 is 0 Å².